The number of fused-ring (bicyclic) bond motifs is 3. The molecular weight excluding hydrogens is 398 g/mol. The smallest absolute Gasteiger partial charge is 0.225 e. The van der Waals surface area contributed by atoms with E-state index in [1.807, 2.05) is 25.5 Å². The van der Waals surface area contributed by atoms with E-state index in [2.05, 4.69) is 51.1 Å². The van der Waals surface area contributed by atoms with Crippen molar-refractivity contribution in [3.05, 3.63) is 47.6 Å². The predicted octanol–water partition coefficient (Wildman–Crippen LogP) is 3.51. The van der Waals surface area contributed by atoms with Gasteiger partial charge < -0.3 is 19.6 Å². The minimum Gasteiger partial charge on any atom is -0.347 e. The van der Waals surface area contributed by atoms with Crippen LogP contribution in [-0.4, -0.2) is 59.1 Å². The van der Waals surface area contributed by atoms with Gasteiger partial charge in [-0.3, -0.25) is 0 Å². The second-order valence-corrected chi connectivity index (χ2v) is 9.30. The van der Waals surface area contributed by atoms with Gasteiger partial charge in [-0.25, -0.2) is 15.0 Å². The lowest BCUT2D eigenvalue weighted by Gasteiger charge is -2.44. The largest absolute Gasteiger partial charge is 0.347 e. The molecular formula is C22H28ClN7. The molecule has 8 heteroatoms. The summed E-state index contributed by atoms with van der Waals surface area (Å²) in [6.07, 6.45) is 14.5. The van der Waals surface area contributed by atoms with Gasteiger partial charge in [-0.2, -0.15) is 0 Å². The van der Waals surface area contributed by atoms with Crippen molar-refractivity contribution in [2.75, 3.05) is 35.8 Å². The van der Waals surface area contributed by atoms with E-state index >= 15 is 0 Å². The summed E-state index contributed by atoms with van der Waals surface area (Å²) in [5.41, 5.74) is 2.20. The molecule has 0 aliphatic carbocycles. The van der Waals surface area contributed by atoms with Gasteiger partial charge in [0.25, 0.3) is 0 Å². The van der Waals surface area contributed by atoms with Crippen LogP contribution in [0, 0.1) is 0 Å². The standard InChI is InChI=1S/C22H28ClN7/c1-27(2)14-15-11-25-22(26-12-15)30-17-4-5-18(30)10-19(9-17)29-7-6-28(3)20-8-16(23)13-24-21(20)29/h6-8,11-13,17-19H,4-5,9-10,14H2,1-3H3/t17-,18+,19?. The summed E-state index contributed by atoms with van der Waals surface area (Å²) in [5, 5.41) is 0.667. The van der Waals surface area contributed by atoms with Crippen LogP contribution in [-0.2, 0) is 6.54 Å². The molecule has 2 saturated heterocycles. The molecule has 0 amide bonds. The molecule has 0 spiro atoms. The third kappa shape index (κ3) is 3.50. The summed E-state index contributed by atoms with van der Waals surface area (Å²) >= 11 is 6.20. The molecule has 3 atom stereocenters. The number of nitrogens with zero attached hydrogens (tertiary/aromatic N) is 7. The van der Waals surface area contributed by atoms with Crippen molar-refractivity contribution in [2.45, 2.75) is 50.4 Å². The van der Waals surface area contributed by atoms with Crippen LogP contribution in [0.4, 0.5) is 17.5 Å². The summed E-state index contributed by atoms with van der Waals surface area (Å²) < 4.78 is 0. The van der Waals surface area contributed by atoms with Crippen LogP contribution in [0.15, 0.2) is 37.1 Å². The number of halogens is 1. The molecule has 0 saturated carbocycles. The average Bonchev–Trinajstić information content (AvgIpc) is 2.98. The monoisotopic (exact) mass is 425 g/mol. The van der Waals surface area contributed by atoms with Gasteiger partial charge in [0.15, 0.2) is 5.82 Å². The Hall–Kier alpha value is -2.38. The zero-order chi connectivity index (χ0) is 20.8. The van der Waals surface area contributed by atoms with Gasteiger partial charge in [-0.05, 0) is 45.8 Å². The van der Waals surface area contributed by atoms with Crippen molar-refractivity contribution in [3.63, 3.8) is 0 Å². The topological polar surface area (TPSA) is 51.6 Å². The number of anilines is 3. The Morgan fingerprint density at radius 2 is 1.70 bits per heavy atom. The summed E-state index contributed by atoms with van der Waals surface area (Å²) in [7, 11) is 6.16. The first-order valence-electron chi connectivity index (χ1n) is 10.6. The molecule has 30 heavy (non-hydrogen) atoms. The van der Waals surface area contributed by atoms with Crippen molar-refractivity contribution in [1.82, 2.24) is 19.9 Å². The SMILES string of the molecule is CN(C)Cc1cnc(N2[C@@H]3CC[C@H]2CC(N2C=CN(C)c4cc(Cl)cnc42)C3)nc1. The Kier molecular flexibility index (Phi) is 5.03. The van der Waals surface area contributed by atoms with Gasteiger partial charge >= 0.3 is 0 Å². The summed E-state index contributed by atoms with van der Waals surface area (Å²) in [5.74, 6) is 1.87. The summed E-state index contributed by atoms with van der Waals surface area (Å²) in [6, 6.07) is 3.35. The summed E-state index contributed by atoms with van der Waals surface area (Å²) in [6.45, 7) is 0.862. The normalized spacial score (nSPS) is 25.2. The van der Waals surface area contributed by atoms with Crippen LogP contribution < -0.4 is 14.7 Å². The third-order valence-electron chi connectivity index (χ3n) is 6.41. The minimum atomic E-state index is 0.420. The zero-order valence-corrected chi connectivity index (χ0v) is 18.5. The Morgan fingerprint density at radius 1 is 1.00 bits per heavy atom. The number of piperidine rings is 1. The fourth-order valence-corrected chi connectivity index (χ4v) is 5.28. The van der Waals surface area contributed by atoms with Crippen molar-refractivity contribution >= 4 is 29.1 Å². The van der Waals surface area contributed by atoms with Gasteiger partial charge in [0.05, 0.1) is 10.7 Å². The Morgan fingerprint density at radius 3 is 2.37 bits per heavy atom. The van der Waals surface area contributed by atoms with Crippen molar-refractivity contribution < 1.29 is 0 Å². The van der Waals surface area contributed by atoms with Crippen molar-refractivity contribution in [3.8, 4) is 0 Å². The van der Waals surface area contributed by atoms with Gasteiger partial charge in [0.1, 0.15) is 0 Å². The quantitative estimate of drug-likeness (QED) is 0.742. The first-order chi connectivity index (χ1) is 14.5. The number of hydrogen-bond donors (Lipinski definition) is 0. The Bertz CT molecular complexity index is 931. The van der Waals surface area contributed by atoms with Crippen LogP contribution in [0.5, 0.6) is 0 Å². The first-order valence-corrected chi connectivity index (χ1v) is 11.0. The fourth-order valence-electron chi connectivity index (χ4n) is 5.13. The molecule has 5 rings (SSSR count). The maximum absolute atomic E-state index is 6.20. The number of pyridine rings is 1. The maximum Gasteiger partial charge on any atom is 0.225 e. The predicted molar refractivity (Wildman–Crippen MR) is 121 cm³/mol. The van der Waals surface area contributed by atoms with E-state index in [4.69, 9.17) is 21.6 Å². The molecule has 0 aromatic carbocycles. The highest BCUT2D eigenvalue weighted by Crippen LogP contribution is 2.43. The molecule has 2 bridgehead atoms. The number of hydrogen-bond acceptors (Lipinski definition) is 7. The van der Waals surface area contributed by atoms with Crippen molar-refractivity contribution in [2.24, 2.45) is 0 Å². The molecule has 0 radical (unpaired) electrons. The Labute approximate surface area is 183 Å². The van der Waals surface area contributed by atoms with Crippen molar-refractivity contribution in [1.29, 1.82) is 0 Å². The lowest BCUT2D eigenvalue weighted by atomic mass is 9.96. The molecule has 5 heterocycles. The number of aromatic nitrogens is 3. The van der Waals surface area contributed by atoms with Crippen LogP contribution in [0.25, 0.3) is 0 Å². The minimum absolute atomic E-state index is 0.420. The molecule has 2 aromatic heterocycles. The molecule has 0 N–H and O–H groups in total. The van der Waals surface area contributed by atoms with E-state index in [1.54, 1.807) is 6.20 Å². The molecule has 1 unspecified atom stereocenters. The second kappa shape index (κ2) is 7.71. The molecule has 2 fully saturated rings. The van der Waals surface area contributed by atoms with Crippen LogP contribution in [0.2, 0.25) is 5.02 Å². The van der Waals surface area contributed by atoms with Gasteiger partial charge in [-0.1, -0.05) is 11.6 Å². The molecule has 2 aromatic rings. The van der Waals surface area contributed by atoms with E-state index in [0.29, 0.717) is 23.1 Å². The highest BCUT2D eigenvalue weighted by molar-refractivity contribution is 6.30. The maximum atomic E-state index is 6.20. The van der Waals surface area contributed by atoms with Gasteiger partial charge in [0.2, 0.25) is 5.95 Å². The van der Waals surface area contributed by atoms with E-state index < -0.39 is 0 Å². The average molecular weight is 426 g/mol. The lowest BCUT2D eigenvalue weighted by molar-refractivity contribution is 0.396. The van der Waals surface area contributed by atoms with Crippen LogP contribution in [0.1, 0.15) is 31.2 Å². The highest BCUT2D eigenvalue weighted by Gasteiger charge is 2.44. The first kappa shape index (κ1) is 19.6. The third-order valence-corrected chi connectivity index (χ3v) is 6.62. The zero-order valence-electron chi connectivity index (χ0n) is 17.7. The summed E-state index contributed by atoms with van der Waals surface area (Å²) in [4.78, 5) is 23.1. The van der Waals surface area contributed by atoms with E-state index in [-0.39, 0.29) is 0 Å². The van der Waals surface area contributed by atoms with E-state index in [1.165, 1.54) is 12.8 Å². The molecule has 7 nitrogen and oxygen atoms in total. The van der Waals surface area contributed by atoms with E-state index in [9.17, 15) is 0 Å². The molecule has 158 valence electrons. The van der Waals surface area contributed by atoms with Gasteiger partial charge in [0, 0.05) is 68.3 Å². The second-order valence-electron chi connectivity index (χ2n) is 8.86. The van der Waals surface area contributed by atoms with Crippen LogP contribution in [0.3, 0.4) is 0 Å². The number of rotatable bonds is 4. The Balaban J connectivity index is 1.35. The molecule has 3 aliphatic rings. The van der Waals surface area contributed by atoms with Gasteiger partial charge in [-0.15, -0.1) is 0 Å². The highest BCUT2D eigenvalue weighted by atomic mass is 35.5. The lowest BCUT2D eigenvalue weighted by Crippen LogP contribution is -2.51. The van der Waals surface area contributed by atoms with E-state index in [0.717, 1.165) is 42.4 Å². The van der Waals surface area contributed by atoms with Crippen LogP contribution >= 0.6 is 11.6 Å². The fraction of sp³-hybridized carbons (Fsp3) is 0.500. The molecule has 3 aliphatic heterocycles.